The SMILES string of the molecule is COOC[C@H]1O[C@@H](n2cnc3c(Nc4cc(C(F)(F)F)ccc4F)nc(C)nc32)C(O)C1O. The van der Waals surface area contributed by atoms with Crippen molar-refractivity contribution in [1.82, 2.24) is 19.5 Å². The number of nitrogens with zero attached hydrogens (tertiary/aromatic N) is 4. The Morgan fingerprint density at radius 3 is 2.67 bits per heavy atom. The maximum Gasteiger partial charge on any atom is 0.416 e. The van der Waals surface area contributed by atoms with Crippen LogP contribution in [0.3, 0.4) is 0 Å². The second kappa shape index (κ2) is 8.79. The lowest BCUT2D eigenvalue weighted by atomic mass is 10.1. The van der Waals surface area contributed by atoms with Crippen molar-refractivity contribution < 1.29 is 42.3 Å². The van der Waals surface area contributed by atoms with Gasteiger partial charge in [-0.25, -0.2) is 29.1 Å². The fraction of sp³-hybridized carbons (Fsp3) is 0.421. The Kier molecular flexibility index (Phi) is 6.20. The molecule has 14 heteroatoms. The van der Waals surface area contributed by atoms with Crippen LogP contribution in [0.25, 0.3) is 11.2 Å². The Bertz CT molecular complexity index is 1160. The quantitative estimate of drug-likeness (QED) is 0.281. The minimum atomic E-state index is -4.66. The summed E-state index contributed by atoms with van der Waals surface area (Å²) in [5.74, 6) is -0.793. The minimum absolute atomic E-state index is 0.0539. The lowest BCUT2D eigenvalue weighted by Gasteiger charge is -2.17. The highest BCUT2D eigenvalue weighted by atomic mass is 19.4. The molecule has 0 bridgehead atoms. The molecule has 3 N–H and O–H groups in total. The van der Waals surface area contributed by atoms with Gasteiger partial charge in [-0.1, -0.05) is 0 Å². The molecule has 0 saturated carbocycles. The summed E-state index contributed by atoms with van der Waals surface area (Å²) in [5.41, 5.74) is -1.27. The molecule has 1 aliphatic heterocycles. The number of aliphatic hydroxyl groups excluding tert-OH is 2. The normalized spacial score (nSPS) is 23.4. The maximum absolute atomic E-state index is 14.2. The zero-order chi connectivity index (χ0) is 23.9. The highest BCUT2D eigenvalue weighted by molar-refractivity contribution is 5.85. The van der Waals surface area contributed by atoms with Gasteiger partial charge in [-0.15, -0.1) is 0 Å². The van der Waals surface area contributed by atoms with Gasteiger partial charge in [-0.3, -0.25) is 4.57 Å². The molecule has 4 atom stereocenters. The molecule has 3 aromatic rings. The molecule has 4 rings (SSSR count). The van der Waals surface area contributed by atoms with E-state index in [0.717, 1.165) is 0 Å². The van der Waals surface area contributed by atoms with E-state index in [1.165, 1.54) is 24.9 Å². The first-order chi connectivity index (χ1) is 15.6. The topological polar surface area (TPSA) is 124 Å². The van der Waals surface area contributed by atoms with Crippen LogP contribution in [0.5, 0.6) is 0 Å². The van der Waals surface area contributed by atoms with Gasteiger partial charge in [0.15, 0.2) is 23.2 Å². The molecule has 1 aromatic carbocycles. The van der Waals surface area contributed by atoms with Crippen molar-refractivity contribution in [2.45, 2.75) is 37.6 Å². The number of hydrogen-bond acceptors (Lipinski definition) is 9. The number of aliphatic hydroxyl groups is 2. The molecule has 2 unspecified atom stereocenters. The van der Waals surface area contributed by atoms with Gasteiger partial charge >= 0.3 is 6.18 Å². The van der Waals surface area contributed by atoms with Gasteiger partial charge < -0.3 is 20.3 Å². The monoisotopic (exact) mass is 473 g/mol. The van der Waals surface area contributed by atoms with Gasteiger partial charge in [0.05, 0.1) is 24.7 Å². The maximum atomic E-state index is 14.2. The van der Waals surface area contributed by atoms with Gasteiger partial charge in [0.1, 0.15) is 36.6 Å². The molecule has 0 aliphatic carbocycles. The van der Waals surface area contributed by atoms with Crippen LogP contribution in [0.4, 0.5) is 29.1 Å². The number of anilines is 2. The number of imidazole rings is 1. The van der Waals surface area contributed by atoms with Crippen molar-refractivity contribution in [2.24, 2.45) is 0 Å². The first kappa shape index (κ1) is 23.3. The average Bonchev–Trinajstić information content (AvgIpc) is 3.28. The van der Waals surface area contributed by atoms with E-state index in [9.17, 15) is 27.8 Å². The fourth-order valence-corrected chi connectivity index (χ4v) is 3.46. The number of nitrogens with one attached hydrogen (secondary N) is 1. The lowest BCUT2D eigenvalue weighted by molar-refractivity contribution is -0.290. The van der Waals surface area contributed by atoms with E-state index < -0.39 is 47.8 Å². The number of aromatic nitrogens is 4. The van der Waals surface area contributed by atoms with E-state index in [1.807, 2.05) is 0 Å². The summed E-state index contributed by atoms with van der Waals surface area (Å²) in [7, 11) is 1.28. The van der Waals surface area contributed by atoms with E-state index in [4.69, 9.17) is 9.62 Å². The van der Waals surface area contributed by atoms with Crippen molar-refractivity contribution in [3.8, 4) is 0 Å². The third kappa shape index (κ3) is 4.47. The summed E-state index contributed by atoms with van der Waals surface area (Å²) in [6.07, 6.45) is -8.11. The first-order valence-electron chi connectivity index (χ1n) is 9.62. The largest absolute Gasteiger partial charge is 0.416 e. The predicted molar refractivity (Wildman–Crippen MR) is 104 cm³/mol. The fourth-order valence-electron chi connectivity index (χ4n) is 3.46. The molecule has 1 saturated heterocycles. The molecule has 33 heavy (non-hydrogen) atoms. The standard InChI is InChI=1S/C19H19F4N5O5/c1-8-25-16(27-11-5-9(19(21,22)23)3-4-10(11)20)13-17(26-8)28(7-24-13)18-15(30)14(29)12(33-18)6-32-31-2/h3-5,7,12,14-15,18,29-30H,6H2,1-2H3,(H,25,26,27)/t12-,14?,15?,18-/m1/s1. The van der Waals surface area contributed by atoms with Crippen LogP contribution < -0.4 is 5.32 Å². The van der Waals surface area contributed by atoms with Gasteiger partial charge in [0.25, 0.3) is 0 Å². The highest BCUT2D eigenvalue weighted by Gasteiger charge is 2.44. The van der Waals surface area contributed by atoms with E-state index in [2.05, 4.69) is 25.2 Å². The number of alkyl halides is 3. The zero-order valence-electron chi connectivity index (χ0n) is 17.2. The summed E-state index contributed by atoms with van der Waals surface area (Å²) < 4.78 is 60.4. The molecule has 0 radical (unpaired) electrons. The van der Waals surface area contributed by atoms with Crippen LogP contribution in [-0.4, -0.2) is 61.8 Å². The number of aryl methyl sites for hydroxylation is 1. The van der Waals surface area contributed by atoms with E-state index >= 15 is 0 Å². The number of benzene rings is 1. The van der Waals surface area contributed by atoms with Gasteiger partial charge in [0, 0.05) is 0 Å². The van der Waals surface area contributed by atoms with Crippen LogP contribution in [0.1, 0.15) is 17.6 Å². The highest BCUT2D eigenvalue weighted by Crippen LogP contribution is 2.35. The van der Waals surface area contributed by atoms with Gasteiger partial charge in [-0.2, -0.15) is 13.2 Å². The summed E-state index contributed by atoms with van der Waals surface area (Å²) >= 11 is 0. The van der Waals surface area contributed by atoms with Crippen molar-refractivity contribution in [3.05, 3.63) is 41.7 Å². The van der Waals surface area contributed by atoms with Gasteiger partial charge in [0.2, 0.25) is 0 Å². The first-order valence-corrected chi connectivity index (χ1v) is 9.62. The molecule has 0 amide bonds. The number of ether oxygens (including phenoxy) is 1. The Hall–Kier alpha value is -2.91. The lowest BCUT2D eigenvalue weighted by Crippen LogP contribution is -2.33. The van der Waals surface area contributed by atoms with Crippen LogP contribution in [0, 0.1) is 12.7 Å². The molecule has 178 valence electrons. The Balaban J connectivity index is 1.70. The molecule has 2 aromatic heterocycles. The number of fused-ring (bicyclic) bond motifs is 1. The van der Waals surface area contributed by atoms with Crippen LogP contribution in [0.2, 0.25) is 0 Å². The summed E-state index contributed by atoms with van der Waals surface area (Å²) in [6.45, 7) is 1.36. The Labute approximate surface area is 183 Å². The van der Waals surface area contributed by atoms with Crippen molar-refractivity contribution in [2.75, 3.05) is 19.0 Å². The molecular weight excluding hydrogens is 454 g/mol. The molecule has 0 spiro atoms. The second-order valence-electron chi connectivity index (χ2n) is 7.26. The number of halogens is 4. The summed E-state index contributed by atoms with van der Waals surface area (Å²) in [4.78, 5) is 21.8. The Morgan fingerprint density at radius 1 is 1.21 bits per heavy atom. The second-order valence-corrected chi connectivity index (χ2v) is 7.26. The van der Waals surface area contributed by atoms with E-state index in [1.54, 1.807) is 0 Å². The molecular formula is C19H19F4N5O5. The minimum Gasteiger partial charge on any atom is -0.387 e. The van der Waals surface area contributed by atoms with Crippen LogP contribution >= 0.6 is 0 Å². The third-order valence-corrected chi connectivity index (χ3v) is 5.04. The van der Waals surface area contributed by atoms with Crippen LogP contribution in [-0.2, 0) is 20.7 Å². The number of hydrogen-bond donors (Lipinski definition) is 3. The predicted octanol–water partition coefficient (Wildman–Crippen LogP) is 2.23. The molecule has 3 heterocycles. The molecule has 1 fully saturated rings. The van der Waals surface area contributed by atoms with Gasteiger partial charge in [-0.05, 0) is 25.1 Å². The third-order valence-electron chi connectivity index (χ3n) is 5.04. The van der Waals surface area contributed by atoms with Crippen LogP contribution in [0.15, 0.2) is 24.5 Å². The van der Waals surface area contributed by atoms with E-state index in [-0.39, 0.29) is 29.4 Å². The summed E-state index contributed by atoms with van der Waals surface area (Å²) in [6, 6.07) is 1.95. The summed E-state index contributed by atoms with van der Waals surface area (Å²) in [5, 5.41) is 23.2. The molecule has 1 aliphatic rings. The smallest absolute Gasteiger partial charge is 0.387 e. The number of rotatable bonds is 6. The molecule has 10 nitrogen and oxygen atoms in total. The van der Waals surface area contributed by atoms with E-state index in [0.29, 0.717) is 18.2 Å². The zero-order valence-corrected chi connectivity index (χ0v) is 17.2. The van der Waals surface area contributed by atoms with Crippen molar-refractivity contribution in [1.29, 1.82) is 0 Å². The van der Waals surface area contributed by atoms with Crippen molar-refractivity contribution in [3.63, 3.8) is 0 Å². The average molecular weight is 473 g/mol. The Morgan fingerprint density at radius 2 is 1.97 bits per heavy atom. The van der Waals surface area contributed by atoms with Crippen molar-refractivity contribution >= 4 is 22.7 Å².